The van der Waals surface area contributed by atoms with E-state index in [4.69, 9.17) is 0 Å². The minimum absolute atomic E-state index is 0.0401. The van der Waals surface area contributed by atoms with Gasteiger partial charge in [-0.05, 0) is 30.7 Å². The number of halogens is 1. The third-order valence-electron chi connectivity index (χ3n) is 3.80. The van der Waals surface area contributed by atoms with Gasteiger partial charge >= 0.3 is 0 Å². The normalized spacial score (nSPS) is 26.9. The van der Waals surface area contributed by atoms with Gasteiger partial charge in [-0.25, -0.2) is 12.8 Å². The van der Waals surface area contributed by atoms with Crippen LogP contribution in [0.15, 0.2) is 29.2 Å². The van der Waals surface area contributed by atoms with Crippen molar-refractivity contribution < 1.29 is 17.6 Å². The number of nitrogens with zero attached hydrogens (tertiary/aromatic N) is 1. The first-order chi connectivity index (χ1) is 9.45. The molecule has 0 aromatic heterocycles. The Morgan fingerprint density at radius 3 is 2.60 bits per heavy atom. The first-order valence-corrected chi connectivity index (χ1v) is 9.05. The molecule has 0 unspecified atom stereocenters. The molecule has 2 saturated heterocycles. The quantitative estimate of drug-likeness (QED) is 0.789. The van der Waals surface area contributed by atoms with Crippen LogP contribution in [0.1, 0.15) is 6.42 Å². The molecule has 20 heavy (non-hydrogen) atoms. The molecule has 0 saturated carbocycles. The Hall–Kier alpha value is -1.08. The van der Waals surface area contributed by atoms with Crippen molar-refractivity contribution in [2.45, 2.75) is 22.6 Å². The molecule has 1 aromatic carbocycles. The SMILES string of the molecule is O=C(CSc1ccc(F)cc1)N1C[C@H]2C[C@H]1CS2(=O)=O. The van der Waals surface area contributed by atoms with Crippen LogP contribution in [-0.2, 0) is 14.6 Å². The van der Waals surface area contributed by atoms with E-state index >= 15 is 0 Å². The van der Waals surface area contributed by atoms with E-state index in [-0.39, 0.29) is 34.5 Å². The lowest BCUT2D eigenvalue weighted by Crippen LogP contribution is -2.44. The van der Waals surface area contributed by atoms with E-state index < -0.39 is 9.84 Å². The molecule has 0 N–H and O–H groups in total. The zero-order valence-electron chi connectivity index (χ0n) is 10.7. The Labute approximate surface area is 121 Å². The van der Waals surface area contributed by atoms with Crippen LogP contribution in [-0.4, -0.2) is 48.6 Å². The minimum Gasteiger partial charge on any atom is -0.337 e. The van der Waals surface area contributed by atoms with E-state index in [1.54, 1.807) is 17.0 Å². The predicted octanol–water partition coefficient (Wildman–Crippen LogP) is 1.32. The predicted molar refractivity (Wildman–Crippen MR) is 74.8 cm³/mol. The molecule has 1 aromatic rings. The molecule has 2 bridgehead atoms. The molecule has 1 amide bonds. The van der Waals surface area contributed by atoms with Gasteiger partial charge in [-0.3, -0.25) is 4.79 Å². The van der Waals surface area contributed by atoms with Crippen LogP contribution in [0.25, 0.3) is 0 Å². The fraction of sp³-hybridized carbons (Fsp3) is 0.462. The van der Waals surface area contributed by atoms with Crippen LogP contribution in [0, 0.1) is 5.82 Å². The molecule has 7 heteroatoms. The molecule has 0 aliphatic carbocycles. The smallest absolute Gasteiger partial charge is 0.233 e. The molecular weight excluding hydrogens is 301 g/mol. The average Bonchev–Trinajstić information content (AvgIpc) is 2.93. The van der Waals surface area contributed by atoms with Crippen LogP contribution in [0.4, 0.5) is 4.39 Å². The summed E-state index contributed by atoms with van der Waals surface area (Å²) in [5.74, 6) is 0.0175. The summed E-state index contributed by atoms with van der Waals surface area (Å²) < 4.78 is 36.0. The minimum atomic E-state index is -2.97. The van der Waals surface area contributed by atoms with Gasteiger partial charge in [0.1, 0.15) is 5.82 Å². The third-order valence-corrected chi connectivity index (χ3v) is 7.01. The van der Waals surface area contributed by atoms with Gasteiger partial charge in [-0.1, -0.05) is 0 Å². The highest BCUT2D eigenvalue weighted by Gasteiger charge is 2.49. The second-order valence-corrected chi connectivity index (χ2v) is 8.50. The van der Waals surface area contributed by atoms with Gasteiger partial charge in [0.25, 0.3) is 0 Å². The fourth-order valence-corrected chi connectivity index (χ4v) is 5.57. The van der Waals surface area contributed by atoms with Gasteiger partial charge in [-0.2, -0.15) is 0 Å². The second kappa shape index (κ2) is 5.04. The standard InChI is InChI=1S/C13H14FNO3S2/c14-9-1-3-11(4-2-9)19-7-13(16)15-6-12-5-10(15)8-20(12,17)18/h1-4,10,12H,5-8H2/t10-,12+/m0/s1. The molecule has 0 radical (unpaired) electrons. The van der Waals surface area contributed by atoms with Gasteiger partial charge in [0.2, 0.25) is 5.91 Å². The van der Waals surface area contributed by atoms with Crippen molar-refractivity contribution in [1.29, 1.82) is 0 Å². The molecule has 2 aliphatic rings. The second-order valence-electron chi connectivity index (χ2n) is 5.13. The average molecular weight is 315 g/mol. The summed E-state index contributed by atoms with van der Waals surface area (Å²) in [5, 5.41) is -0.368. The summed E-state index contributed by atoms with van der Waals surface area (Å²) in [7, 11) is -2.97. The molecular formula is C13H14FNO3S2. The lowest BCUT2D eigenvalue weighted by molar-refractivity contribution is -0.128. The molecule has 2 atom stereocenters. The van der Waals surface area contributed by atoms with Crippen molar-refractivity contribution in [2.24, 2.45) is 0 Å². The lowest BCUT2D eigenvalue weighted by Gasteiger charge is -2.26. The van der Waals surface area contributed by atoms with Gasteiger partial charge in [0.15, 0.2) is 9.84 Å². The number of hydrogen-bond acceptors (Lipinski definition) is 4. The van der Waals surface area contributed by atoms with E-state index in [0.717, 1.165) is 4.90 Å². The molecule has 2 heterocycles. The van der Waals surface area contributed by atoms with Crippen molar-refractivity contribution in [2.75, 3.05) is 18.1 Å². The van der Waals surface area contributed by atoms with Crippen molar-refractivity contribution in [3.63, 3.8) is 0 Å². The molecule has 0 spiro atoms. The first kappa shape index (κ1) is 13.9. The lowest BCUT2D eigenvalue weighted by atomic mass is 10.2. The summed E-state index contributed by atoms with van der Waals surface area (Å²) in [6.45, 7) is 0.329. The molecule has 108 valence electrons. The summed E-state index contributed by atoms with van der Waals surface area (Å²) in [4.78, 5) is 14.6. The monoisotopic (exact) mass is 315 g/mol. The van der Waals surface area contributed by atoms with Gasteiger partial charge in [0.05, 0.1) is 16.8 Å². The molecule has 2 fully saturated rings. The van der Waals surface area contributed by atoms with Crippen LogP contribution in [0.2, 0.25) is 0 Å². The number of thioether (sulfide) groups is 1. The van der Waals surface area contributed by atoms with Crippen LogP contribution in [0.3, 0.4) is 0 Å². The molecule has 2 aliphatic heterocycles. The Morgan fingerprint density at radius 1 is 1.35 bits per heavy atom. The van der Waals surface area contributed by atoms with E-state index in [0.29, 0.717) is 13.0 Å². The number of carbonyl (C=O) groups is 1. The van der Waals surface area contributed by atoms with E-state index in [1.165, 1.54) is 23.9 Å². The third kappa shape index (κ3) is 2.56. The van der Waals surface area contributed by atoms with Crippen LogP contribution >= 0.6 is 11.8 Å². The zero-order valence-corrected chi connectivity index (χ0v) is 12.3. The highest BCUT2D eigenvalue weighted by atomic mass is 32.2. The van der Waals surface area contributed by atoms with Crippen molar-refractivity contribution in [3.8, 4) is 0 Å². The Balaban J connectivity index is 1.58. The van der Waals surface area contributed by atoms with E-state index in [1.807, 2.05) is 0 Å². The maximum Gasteiger partial charge on any atom is 0.233 e. The fourth-order valence-electron chi connectivity index (χ4n) is 2.76. The maximum atomic E-state index is 12.8. The van der Waals surface area contributed by atoms with Crippen molar-refractivity contribution >= 4 is 27.5 Å². The molecule has 4 nitrogen and oxygen atoms in total. The Bertz CT molecular complexity index is 630. The summed E-state index contributed by atoms with van der Waals surface area (Å²) in [6.07, 6.45) is 0.579. The number of carbonyl (C=O) groups excluding carboxylic acids is 1. The summed E-state index contributed by atoms with van der Waals surface area (Å²) >= 11 is 1.34. The van der Waals surface area contributed by atoms with E-state index in [9.17, 15) is 17.6 Å². The van der Waals surface area contributed by atoms with Crippen LogP contribution in [0.5, 0.6) is 0 Å². The summed E-state index contributed by atoms with van der Waals surface area (Å²) in [6, 6.07) is 5.84. The number of benzene rings is 1. The largest absolute Gasteiger partial charge is 0.337 e. The number of likely N-dealkylation sites (tertiary alicyclic amines) is 1. The van der Waals surface area contributed by atoms with Crippen LogP contribution < -0.4 is 0 Å². The Morgan fingerprint density at radius 2 is 2.05 bits per heavy atom. The Kier molecular flexibility index (Phi) is 3.50. The van der Waals surface area contributed by atoms with Gasteiger partial charge < -0.3 is 4.90 Å². The number of fused-ring (bicyclic) bond motifs is 2. The zero-order chi connectivity index (χ0) is 14.3. The van der Waals surface area contributed by atoms with Crippen molar-refractivity contribution in [1.82, 2.24) is 4.90 Å². The van der Waals surface area contributed by atoms with Crippen molar-refractivity contribution in [3.05, 3.63) is 30.1 Å². The number of rotatable bonds is 3. The van der Waals surface area contributed by atoms with Gasteiger partial charge in [0, 0.05) is 17.5 Å². The molecule has 3 rings (SSSR count). The number of hydrogen-bond donors (Lipinski definition) is 0. The number of sulfone groups is 1. The highest BCUT2D eigenvalue weighted by Crippen LogP contribution is 2.33. The maximum absolute atomic E-state index is 12.8. The summed E-state index contributed by atoms with van der Waals surface area (Å²) in [5.41, 5.74) is 0. The van der Waals surface area contributed by atoms with E-state index in [2.05, 4.69) is 0 Å². The van der Waals surface area contributed by atoms with Gasteiger partial charge in [-0.15, -0.1) is 11.8 Å². The topological polar surface area (TPSA) is 54.5 Å². The number of amides is 1. The first-order valence-electron chi connectivity index (χ1n) is 6.35. The highest BCUT2D eigenvalue weighted by molar-refractivity contribution is 8.00.